The molecule has 0 aliphatic heterocycles. The average Bonchev–Trinajstić information content (AvgIpc) is 3.38. The summed E-state index contributed by atoms with van der Waals surface area (Å²) in [5, 5.41) is 16.2. The van der Waals surface area contributed by atoms with Crippen molar-refractivity contribution < 1.29 is 10.0 Å². The number of hydroxylamine groups is 2. The summed E-state index contributed by atoms with van der Waals surface area (Å²) in [6, 6.07) is 17.6. The number of nitrogens with two attached hydrogens (primary N) is 1. The second-order valence-electron chi connectivity index (χ2n) is 7.03. The van der Waals surface area contributed by atoms with Gasteiger partial charge in [-0.15, -0.1) is 0 Å². The first-order chi connectivity index (χ1) is 13.1. The van der Waals surface area contributed by atoms with Crippen LogP contribution in [0.5, 0.6) is 0 Å². The molecule has 0 spiro atoms. The molecular weight excluding hydrogens is 340 g/mol. The van der Waals surface area contributed by atoms with E-state index in [1.165, 1.54) is 10.6 Å². The fourth-order valence-corrected chi connectivity index (χ4v) is 3.41. The molecular formula is C21H22N4O2. The molecule has 138 valence electrons. The van der Waals surface area contributed by atoms with Gasteiger partial charge in [0, 0.05) is 29.3 Å². The minimum absolute atomic E-state index is 0.164. The Morgan fingerprint density at radius 2 is 1.89 bits per heavy atom. The Morgan fingerprint density at radius 3 is 2.59 bits per heavy atom. The molecule has 0 bridgehead atoms. The van der Waals surface area contributed by atoms with E-state index in [1.54, 1.807) is 18.3 Å². The summed E-state index contributed by atoms with van der Waals surface area (Å²) in [4.78, 5) is 11.1. The van der Waals surface area contributed by atoms with Crippen molar-refractivity contribution in [2.75, 3.05) is 0 Å². The molecule has 1 aromatic heterocycles. The second-order valence-corrected chi connectivity index (χ2v) is 7.03. The van der Waals surface area contributed by atoms with E-state index >= 15 is 0 Å². The summed E-state index contributed by atoms with van der Waals surface area (Å²) in [5.74, 6) is -0.0325. The van der Waals surface area contributed by atoms with Gasteiger partial charge in [-0.2, -0.15) is 10.2 Å². The molecule has 1 saturated carbocycles. The van der Waals surface area contributed by atoms with Gasteiger partial charge in [-0.25, -0.2) is 0 Å². The van der Waals surface area contributed by atoms with Crippen molar-refractivity contribution in [2.45, 2.75) is 31.5 Å². The molecule has 2 unspecified atom stereocenters. The Balaban J connectivity index is 1.34. The number of rotatable bonds is 7. The van der Waals surface area contributed by atoms with Gasteiger partial charge in [0.05, 0.1) is 19.3 Å². The van der Waals surface area contributed by atoms with Crippen LogP contribution in [-0.2, 0) is 13.1 Å². The molecule has 1 aliphatic carbocycles. The number of aromatic nitrogens is 2. The van der Waals surface area contributed by atoms with Crippen molar-refractivity contribution in [1.82, 2.24) is 14.8 Å². The SMILES string of the molecule is NC(=O)c1ccc(Cn2cc(CN(O)C3CC3c3ccccc3)cn2)cc1. The van der Waals surface area contributed by atoms with Gasteiger partial charge in [-0.05, 0) is 29.7 Å². The van der Waals surface area contributed by atoms with Gasteiger partial charge in [0.2, 0.25) is 5.91 Å². The number of carbonyl (C=O) groups excluding carboxylic acids is 1. The van der Waals surface area contributed by atoms with Gasteiger partial charge in [-0.1, -0.05) is 42.5 Å². The smallest absolute Gasteiger partial charge is 0.248 e. The lowest BCUT2D eigenvalue weighted by Crippen LogP contribution is -2.22. The Morgan fingerprint density at radius 1 is 1.15 bits per heavy atom. The monoisotopic (exact) mass is 362 g/mol. The molecule has 0 radical (unpaired) electrons. The first kappa shape index (κ1) is 17.5. The summed E-state index contributed by atoms with van der Waals surface area (Å²) in [6.07, 6.45) is 4.69. The highest BCUT2D eigenvalue weighted by Gasteiger charge is 2.42. The molecule has 1 fully saturated rings. The number of hydrogen-bond acceptors (Lipinski definition) is 4. The number of carbonyl (C=O) groups is 1. The zero-order valence-corrected chi connectivity index (χ0v) is 14.9. The van der Waals surface area contributed by atoms with Crippen LogP contribution in [-0.4, -0.2) is 32.0 Å². The maximum Gasteiger partial charge on any atom is 0.248 e. The third kappa shape index (κ3) is 4.07. The standard InChI is InChI=1S/C21H22N4O2/c22-21(26)18-8-6-15(7-9-18)12-24-13-16(11-23-24)14-25(27)20-10-19(20)17-4-2-1-3-5-17/h1-9,11,13,19-20,27H,10,12,14H2,(H2,22,26). The highest BCUT2D eigenvalue weighted by atomic mass is 16.5. The first-order valence-electron chi connectivity index (χ1n) is 9.00. The lowest BCUT2D eigenvalue weighted by Gasteiger charge is -2.13. The summed E-state index contributed by atoms with van der Waals surface area (Å²) in [6.45, 7) is 1.05. The minimum Gasteiger partial charge on any atom is -0.366 e. The Labute approximate surface area is 157 Å². The zero-order valence-electron chi connectivity index (χ0n) is 14.9. The van der Waals surface area contributed by atoms with E-state index < -0.39 is 5.91 Å². The number of amides is 1. The van der Waals surface area contributed by atoms with E-state index in [2.05, 4.69) is 17.2 Å². The lowest BCUT2D eigenvalue weighted by atomic mass is 10.1. The number of nitrogens with zero attached hydrogens (tertiary/aromatic N) is 3. The van der Waals surface area contributed by atoms with E-state index in [0.29, 0.717) is 24.6 Å². The number of hydrogen-bond donors (Lipinski definition) is 2. The summed E-state index contributed by atoms with van der Waals surface area (Å²) >= 11 is 0. The van der Waals surface area contributed by atoms with Crippen molar-refractivity contribution in [3.63, 3.8) is 0 Å². The van der Waals surface area contributed by atoms with Crippen molar-refractivity contribution >= 4 is 5.91 Å². The maximum absolute atomic E-state index is 11.1. The molecule has 6 nitrogen and oxygen atoms in total. The van der Waals surface area contributed by atoms with E-state index in [-0.39, 0.29) is 6.04 Å². The Hall–Kier alpha value is -2.96. The fourth-order valence-electron chi connectivity index (χ4n) is 3.41. The molecule has 1 amide bonds. The van der Waals surface area contributed by atoms with Crippen LogP contribution in [0, 0.1) is 0 Å². The van der Waals surface area contributed by atoms with Crippen LogP contribution in [0.3, 0.4) is 0 Å². The molecule has 3 N–H and O–H groups in total. The van der Waals surface area contributed by atoms with E-state index in [9.17, 15) is 10.0 Å². The maximum atomic E-state index is 11.1. The normalized spacial score (nSPS) is 18.6. The van der Waals surface area contributed by atoms with Gasteiger partial charge in [-0.3, -0.25) is 9.48 Å². The predicted octanol–water partition coefficient (Wildman–Crippen LogP) is 2.78. The molecule has 27 heavy (non-hydrogen) atoms. The third-order valence-electron chi connectivity index (χ3n) is 4.98. The molecule has 0 saturated heterocycles. The largest absolute Gasteiger partial charge is 0.366 e. The molecule has 2 atom stereocenters. The Bertz CT molecular complexity index is 921. The van der Waals surface area contributed by atoms with Gasteiger partial charge in [0.15, 0.2) is 0 Å². The first-order valence-corrected chi connectivity index (χ1v) is 9.00. The van der Waals surface area contributed by atoms with Crippen LogP contribution in [0.25, 0.3) is 0 Å². The van der Waals surface area contributed by atoms with E-state index in [4.69, 9.17) is 5.73 Å². The van der Waals surface area contributed by atoms with Crippen LogP contribution in [0.2, 0.25) is 0 Å². The number of benzene rings is 2. The van der Waals surface area contributed by atoms with Gasteiger partial charge in [0.1, 0.15) is 0 Å². The number of primary amides is 1. The zero-order chi connectivity index (χ0) is 18.8. The molecule has 4 rings (SSSR count). The summed E-state index contributed by atoms with van der Waals surface area (Å²) in [5.41, 5.74) is 9.02. The van der Waals surface area contributed by atoms with Crippen molar-refractivity contribution in [1.29, 1.82) is 0 Å². The van der Waals surface area contributed by atoms with Gasteiger partial charge in [0.25, 0.3) is 0 Å². The van der Waals surface area contributed by atoms with Gasteiger partial charge >= 0.3 is 0 Å². The third-order valence-corrected chi connectivity index (χ3v) is 4.98. The summed E-state index contributed by atoms with van der Waals surface area (Å²) < 4.78 is 1.82. The van der Waals surface area contributed by atoms with Crippen LogP contribution < -0.4 is 5.73 Å². The van der Waals surface area contributed by atoms with Crippen LogP contribution >= 0.6 is 0 Å². The quantitative estimate of drug-likeness (QED) is 0.633. The Kier molecular flexibility index (Phi) is 4.75. The van der Waals surface area contributed by atoms with Crippen molar-refractivity contribution in [3.05, 3.63) is 89.2 Å². The molecule has 1 heterocycles. The second kappa shape index (κ2) is 7.34. The van der Waals surface area contributed by atoms with E-state index in [1.807, 2.05) is 41.2 Å². The average molecular weight is 362 g/mol. The van der Waals surface area contributed by atoms with Crippen LogP contribution in [0.4, 0.5) is 0 Å². The molecule has 2 aromatic carbocycles. The van der Waals surface area contributed by atoms with Gasteiger partial charge < -0.3 is 10.9 Å². The van der Waals surface area contributed by atoms with Crippen molar-refractivity contribution in [2.24, 2.45) is 5.73 Å². The topological polar surface area (TPSA) is 84.4 Å². The fraction of sp³-hybridized carbons (Fsp3) is 0.238. The highest BCUT2D eigenvalue weighted by molar-refractivity contribution is 5.92. The predicted molar refractivity (Wildman–Crippen MR) is 101 cm³/mol. The minimum atomic E-state index is -0.431. The summed E-state index contributed by atoms with van der Waals surface area (Å²) in [7, 11) is 0. The van der Waals surface area contributed by atoms with Crippen LogP contribution in [0.1, 0.15) is 39.4 Å². The molecule has 3 aromatic rings. The molecule has 1 aliphatic rings. The van der Waals surface area contributed by atoms with Crippen molar-refractivity contribution in [3.8, 4) is 0 Å². The van der Waals surface area contributed by atoms with E-state index in [0.717, 1.165) is 17.5 Å². The lowest BCUT2D eigenvalue weighted by molar-refractivity contribution is -0.109. The highest BCUT2D eigenvalue weighted by Crippen LogP contribution is 2.44. The van der Waals surface area contributed by atoms with Crippen LogP contribution in [0.15, 0.2) is 67.0 Å². The molecule has 6 heteroatoms.